The zero-order valence-electron chi connectivity index (χ0n) is 18.2. The number of hydrogen-bond acceptors (Lipinski definition) is 3. The van der Waals surface area contributed by atoms with E-state index < -0.39 is 10.8 Å². The summed E-state index contributed by atoms with van der Waals surface area (Å²) in [5, 5.41) is 11.2. The van der Waals surface area contributed by atoms with Crippen LogP contribution >= 0.6 is 24.0 Å². The van der Waals surface area contributed by atoms with Crippen LogP contribution in [0.25, 0.3) is 5.69 Å². The van der Waals surface area contributed by atoms with Crippen LogP contribution in [0.1, 0.15) is 23.9 Å². The first kappa shape index (κ1) is 25.1. The molecule has 0 fully saturated rings. The second kappa shape index (κ2) is 12.6. The lowest BCUT2D eigenvalue weighted by Crippen LogP contribution is -2.39. The van der Waals surface area contributed by atoms with Crippen molar-refractivity contribution in [3.8, 4) is 5.69 Å². The standard InChI is InChI=1S/C23H29N5OS.HI/c1-4-24-23(25-14-15-30(29)21-11-6-5-7-12-21)26-17-20-10-8-9-13-22(20)28-19(3)16-18(2)27-28;/h5-13,16H,4,14-15,17H2,1-3H3,(H2,24,25,26);1H. The highest BCUT2D eigenvalue weighted by Gasteiger charge is 2.09. The molecule has 1 aromatic heterocycles. The van der Waals surface area contributed by atoms with Gasteiger partial charge in [-0.15, -0.1) is 24.0 Å². The van der Waals surface area contributed by atoms with Crippen molar-refractivity contribution in [3.63, 3.8) is 0 Å². The Balaban J connectivity index is 0.00000341. The van der Waals surface area contributed by atoms with E-state index in [1.54, 1.807) is 0 Å². The minimum absolute atomic E-state index is 0. The fourth-order valence-corrected chi connectivity index (χ4v) is 4.17. The Morgan fingerprint density at radius 1 is 1.06 bits per heavy atom. The normalized spacial score (nSPS) is 12.2. The van der Waals surface area contributed by atoms with Gasteiger partial charge < -0.3 is 10.6 Å². The molecule has 3 aromatic rings. The van der Waals surface area contributed by atoms with E-state index >= 15 is 0 Å². The van der Waals surface area contributed by atoms with Gasteiger partial charge in [0.1, 0.15) is 0 Å². The van der Waals surface area contributed by atoms with Crippen LogP contribution in [0.15, 0.2) is 70.6 Å². The number of halogens is 1. The summed E-state index contributed by atoms with van der Waals surface area (Å²) in [7, 11) is -1.03. The average Bonchev–Trinajstić information content (AvgIpc) is 3.10. The van der Waals surface area contributed by atoms with E-state index in [-0.39, 0.29) is 24.0 Å². The molecule has 8 heteroatoms. The van der Waals surface area contributed by atoms with Crippen LogP contribution in [0.5, 0.6) is 0 Å². The molecule has 2 N–H and O–H groups in total. The number of hydrogen-bond donors (Lipinski definition) is 2. The number of para-hydroxylation sites is 1. The van der Waals surface area contributed by atoms with Crippen molar-refractivity contribution in [1.29, 1.82) is 0 Å². The molecule has 0 saturated carbocycles. The number of aryl methyl sites for hydroxylation is 2. The third kappa shape index (κ3) is 7.17. The summed E-state index contributed by atoms with van der Waals surface area (Å²) in [6, 6.07) is 19.8. The van der Waals surface area contributed by atoms with Crippen molar-refractivity contribution in [2.75, 3.05) is 18.8 Å². The fraction of sp³-hybridized carbons (Fsp3) is 0.304. The molecular weight excluding hydrogens is 521 g/mol. The van der Waals surface area contributed by atoms with Crippen LogP contribution in [-0.4, -0.2) is 38.8 Å². The number of rotatable bonds is 8. The van der Waals surface area contributed by atoms with E-state index in [2.05, 4.69) is 40.9 Å². The zero-order valence-corrected chi connectivity index (χ0v) is 21.3. The van der Waals surface area contributed by atoms with Gasteiger partial charge in [0.05, 0.1) is 28.7 Å². The van der Waals surface area contributed by atoms with Gasteiger partial charge in [0.25, 0.3) is 0 Å². The zero-order chi connectivity index (χ0) is 21.3. The Morgan fingerprint density at radius 3 is 2.45 bits per heavy atom. The Labute approximate surface area is 204 Å². The molecule has 0 aliphatic carbocycles. The van der Waals surface area contributed by atoms with Crippen molar-refractivity contribution in [2.24, 2.45) is 4.99 Å². The summed E-state index contributed by atoms with van der Waals surface area (Å²) in [6.45, 7) is 7.93. The molecule has 166 valence electrons. The van der Waals surface area contributed by atoms with E-state index in [0.29, 0.717) is 24.8 Å². The highest BCUT2D eigenvalue weighted by molar-refractivity contribution is 14.0. The maximum atomic E-state index is 12.4. The fourth-order valence-electron chi connectivity index (χ4n) is 3.18. The number of nitrogens with one attached hydrogen (secondary N) is 2. The van der Waals surface area contributed by atoms with Gasteiger partial charge in [-0.2, -0.15) is 5.10 Å². The van der Waals surface area contributed by atoms with Crippen molar-refractivity contribution in [2.45, 2.75) is 32.2 Å². The van der Waals surface area contributed by atoms with E-state index in [4.69, 9.17) is 4.99 Å². The van der Waals surface area contributed by atoms with E-state index in [1.807, 2.05) is 61.0 Å². The molecule has 1 atom stereocenters. The third-order valence-corrected chi connectivity index (χ3v) is 5.94. The summed E-state index contributed by atoms with van der Waals surface area (Å²) < 4.78 is 14.4. The van der Waals surface area contributed by atoms with Crippen molar-refractivity contribution in [3.05, 3.63) is 77.6 Å². The topological polar surface area (TPSA) is 71.3 Å². The van der Waals surface area contributed by atoms with Crippen LogP contribution in [0.3, 0.4) is 0 Å². The van der Waals surface area contributed by atoms with Gasteiger partial charge >= 0.3 is 0 Å². The molecular formula is C23H30IN5OS. The predicted octanol–water partition coefficient (Wildman–Crippen LogP) is 3.97. The highest BCUT2D eigenvalue weighted by atomic mass is 127. The van der Waals surface area contributed by atoms with Crippen LogP contribution < -0.4 is 10.6 Å². The lowest BCUT2D eigenvalue weighted by atomic mass is 10.2. The predicted molar refractivity (Wildman–Crippen MR) is 139 cm³/mol. The summed E-state index contributed by atoms with van der Waals surface area (Å²) in [4.78, 5) is 5.58. The van der Waals surface area contributed by atoms with E-state index in [1.165, 1.54) is 0 Å². The van der Waals surface area contributed by atoms with Crippen molar-refractivity contribution in [1.82, 2.24) is 20.4 Å². The Bertz CT molecular complexity index is 1020. The first-order valence-electron chi connectivity index (χ1n) is 10.2. The molecule has 2 aromatic carbocycles. The molecule has 0 saturated heterocycles. The number of guanidine groups is 1. The summed E-state index contributed by atoms with van der Waals surface area (Å²) in [5.74, 6) is 1.24. The van der Waals surface area contributed by atoms with Gasteiger partial charge in [-0.3, -0.25) is 4.21 Å². The summed E-state index contributed by atoms with van der Waals surface area (Å²) >= 11 is 0. The number of nitrogens with zero attached hydrogens (tertiary/aromatic N) is 3. The van der Waals surface area contributed by atoms with Crippen molar-refractivity contribution >= 4 is 40.7 Å². The van der Waals surface area contributed by atoms with E-state index in [0.717, 1.165) is 34.1 Å². The number of aromatic nitrogens is 2. The Morgan fingerprint density at radius 2 is 1.77 bits per heavy atom. The third-order valence-electron chi connectivity index (χ3n) is 4.57. The molecule has 0 bridgehead atoms. The number of benzene rings is 2. The van der Waals surface area contributed by atoms with Crippen LogP contribution in [0.4, 0.5) is 0 Å². The molecule has 0 spiro atoms. The number of aliphatic imine (C=N–C) groups is 1. The molecule has 1 heterocycles. The second-order valence-corrected chi connectivity index (χ2v) is 8.52. The molecule has 6 nitrogen and oxygen atoms in total. The molecule has 31 heavy (non-hydrogen) atoms. The Kier molecular flexibility index (Phi) is 10.2. The first-order chi connectivity index (χ1) is 14.6. The van der Waals surface area contributed by atoms with Gasteiger partial charge in [-0.05, 0) is 50.6 Å². The van der Waals surface area contributed by atoms with Gasteiger partial charge in [0.15, 0.2) is 5.96 Å². The highest BCUT2D eigenvalue weighted by Crippen LogP contribution is 2.17. The molecule has 1 unspecified atom stereocenters. The van der Waals surface area contributed by atoms with Crippen molar-refractivity contribution < 1.29 is 4.21 Å². The maximum Gasteiger partial charge on any atom is 0.191 e. The van der Waals surface area contributed by atoms with Gasteiger partial charge in [0.2, 0.25) is 0 Å². The SMILES string of the molecule is CCNC(=NCc1ccccc1-n1nc(C)cc1C)NCCS(=O)c1ccccc1.I. The summed E-state index contributed by atoms with van der Waals surface area (Å²) in [6.07, 6.45) is 0. The lowest BCUT2D eigenvalue weighted by molar-refractivity contribution is 0.681. The maximum absolute atomic E-state index is 12.4. The van der Waals surface area contributed by atoms with Crippen LogP contribution in [0, 0.1) is 13.8 Å². The van der Waals surface area contributed by atoms with Gasteiger partial charge in [0, 0.05) is 29.4 Å². The molecule has 3 rings (SSSR count). The van der Waals surface area contributed by atoms with Crippen LogP contribution in [-0.2, 0) is 17.3 Å². The molecule has 0 aliphatic rings. The minimum atomic E-state index is -1.03. The largest absolute Gasteiger partial charge is 0.357 e. The monoisotopic (exact) mass is 551 g/mol. The second-order valence-electron chi connectivity index (χ2n) is 6.95. The quantitative estimate of drug-likeness (QED) is 0.253. The van der Waals surface area contributed by atoms with Gasteiger partial charge in [-0.25, -0.2) is 9.67 Å². The summed E-state index contributed by atoms with van der Waals surface area (Å²) in [5.41, 5.74) is 4.21. The Hall–Kier alpha value is -2.20. The molecule has 0 amide bonds. The van der Waals surface area contributed by atoms with E-state index in [9.17, 15) is 4.21 Å². The molecule has 0 aliphatic heterocycles. The van der Waals surface area contributed by atoms with Gasteiger partial charge in [-0.1, -0.05) is 36.4 Å². The first-order valence-corrected chi connectivity index (χ1v) is 11.5. The average molecular weight is 551 g/mol. The molecule has 0 radical (unpaired) electrons. The van der Waals surface area contributed by atoms with Crippen LogP contribution in [0.2, 0.25) is 0 Å². The minimum Gasteiger partial charge on any atom is -0.357 e. The lowest BCUT2D eigenvalue weighted by Gasteiger charge is -2.13. The smallest absolute Gasteiger partial charge is 0.191 e.